The zero-order chi connectivity index (χ0) is 33.8. The molecule has 1 aliphatic rings. The van der Waals surface area contributed by atoms with Crippen LogP contribution in [0.25, 0.3) is 0 Å². The number of benzene rings is 4. The summed E-state index contributed by atoms with van der Waals surface area (Å²) in [7, 11) is 3.36. The first-order valence-corrected chi connectivity index (χ1v) is 17.7. The second-order valence-electron chi connectivity index (χ2n) is 12.1. The Balaban J connectivity index is 1.50. The second kappa shape index (κ2) is 18.0. The van der Waals surface area contributed by atoms with Crippen LogP contribution >= 0.6 is 7.67 Å². The quantitative estimate of drug-likeness (QED) is 0.111. The monoisotopic (exact) mass is 674 g/mol. The van der Waals surface area contributed by atoms with Crippen molar-refractivity contribution in [1.29, 1.82) is 0 Å². The molecule has 48 heavy (non-hydrogen) atoms. The Hall–Kier alpha value is -3.21. The van der Waals surface area contributed by atoms with Gasteiger partial charge in [0.1, 0.15) is 24.4 Å². The molecule has 1 saturated heterocycles. The zero-order valence-corrected chi connectivity index (χ0v) is 29.1. The summed E-state index contributed by atoms with van der Waals surface area (Å²) >= 11 is 0. The molecule has 0 amide bonds. The van der Waals surface area contributed by atoms with E-state index in [1.807, 2.05) is 121 Å². The minimum atomic E-state index is -3.53. The molecule has 0 aliphatic carbocycles. The standard InChI is InChI=1S/C38H47N2O7P/c1-39(2)48(41,40(3)4)47-38-37(45-28-33-23-15-8-16-24-33)36(44-27-32-21-13-7-14-22-32)35(43-26-31-19-11-6-12-20-31)34(46-38)29-42-25-30-17-9-5-10-18-30/h5-24,34-38H,25-29H2,1-4H3. The van der Waals surface area contributed by atoms with E-state index in [0.29, 0.717) is 19.8 Å². The topological polar surface area (TPSA) is 78.9 Å². The maximum Gasteiger partial charge on any atom is 0.347 e. The Morgan fingerprint density at radius 2 is 0.917 bits per heavy atom. The van der Waals surface area contributed by atoms with Gasteiger partial charge in [0.05, 0.1) is 33.0 Å². The summed E-state index contributed by atoms with van der Waals surface area (Å²) in [6.45, 7) is 1.44. The summed E-state index contributed by atoms with van der Waals surface area (Å²) < 4.78 is 56.9. The second-order valence-corrected chi connectivity index (χ2v) is 14.9. The van der Waals surface area contributed by atoms with Crippen LogP contribution in [0, 0.1) is 0 Å². The highest BCUT2D eigenvalue weighted by Gasteiger charge is 2.51. The lowest BCUT2D eigenvalue weighted by Gasteiger charge is -2.47. The van der Waals surface area contributed by atoms with E-state index >= 15 is 0 Å². The summed E-state index contributed by atoms with van der Waals surface area (Å²) in [4.78, 5) is 0. The number of hydrogen-bond acceptors (Lipinski definition) is 7. The van der Waals surface area contributed by atoms with Gasteiger partial charge >= 0.3 is 7.67 Å². The van der Waals surface area contributed by atoms with Crippen molar-refractivity contribution in [1.82, 2.24) is 9.34 Å². The molecule has 1 heterocycles. The Morgan fingerprint density at radius 1 is 0.542 bits per heavy atom. The molecule has 5 rings (SSSR count). The van der Waals surface area contributed by atoms with Gasteiger partial charge in [0, 0.05) is 0 Å². The van der Waals surface area contributed by atoms with Crippen LogP contribution in [0.2, 0.25) is 0 Å². The first kappa shape index (κ1) is 36.1. The molecule has 0 radical (unpaired) electrons. The smallest absolute Gasteiger partial charge is 0.347 e. The van der Waals surface area contributed by atoms with Gasteiger partial charge in [0.2, 0.25) is 0 Å². The minimum Gasteiger partial charge on any atom is -0.374 e. The van der Waals surface area contributed by atoms with Crippen LogP contribution < -0.4 is 0 Å². The number of nitrogens with zero attached hydrogens (tertiary/aromatic N) is 2. The molecule has 10 heteroatoms. The lowest BCUT2D eigenvalue weighted by atomic mass is 9.98. The molecule has 1 aliphatic heterocycles. The van der Waals surface area contributed by atoms with Gasteiger partial charge in [0.25, 0.3) is 0 Å². The molecule has 5 atom stereocenters. The average Bonchev–Trinajstić information content (AvgIpc) is 3.11. The Bertz CT molecular complexity index is 1520. The van der Waals surface area contributed by atoms with E-state index in [2.05, 4.69) is 0 Å². The average molecular weight is 675 g/mol. The highest BCUT2D eigenvalue weighted by atomic mass is 31.2. The molecular weight excluding hydrogens is 627 g/mol. The fourth-order valence-electron chi connectivity index (χ4n) is 5.51. The highest BCUT2D eigenvalue weighted by molar-refractivity contribution is 7.53. The van der Waals surface area contributed by atoms with Crippen LogP contribution in [0.5, 0.6) is 0 Å². The number of rotatable bonds is 17. The van der Waals surface area contributed by atoms with Crippen molar-refractivity contribution >= 4 is 7.67 Å². The van der Waals surface area contributed by atoms with Crippen molar-refractivity contribution in [3.63, 3.8) is 0 Å². The normalized spacial score (nSPS) is 21.5. The van der Waals surface area contributed by atoms with Crippen molar-refractivity contribution in [2.24, 2.45) is 0 Å². The number of ether oxygens (including phenoxy) is 5. The van der Waals surface area contributed by atoms with Crippen molar-refractivity contribution in [2.75, 3.05) is 34.8 Å². The van der Waals surface area contributed by atoms with E-state index in [0.717, 1.165) is 22.3 Å². The van der Waals surface area contributed by atoms with Crippen molar-refractivity contribution in [2.45, 2.75) is 57.1 Å². The fourth-order valence-corrected chi connectivity index (χ4v) is 7.05. The Kier molecular flexibility index (Phi) is 13.5. The Labute approximate surface area is 284 Å². The predicted octanol–water partition coefficient (Wildman–Crippen LogP) is 6.93. The van der Waals surface area contributed by atoms with Crippen molar-refractivity contribution in [3.8, 4) is 0 Å². The summed E-state index contributed by atoms with van der Waals surface area (Å²) in [5.41, 5.74) is 4.01. The molecular formula is C38H47N2O7P. The van der Waals surface area contributed by atoms with Gasteiger partial charge in [-0.15, -0.1) is 0 Å². The summed E-state index contributed by atoms with van der Waals surface area (Å²) in [6, 6.07) is 39.8. The van der Waals surface area contributed by atoms with E-state index in [-0.39, 0.29) is 13.2 Å². The maximum absolute atomic E-state index is 14.3. The van der Waals surface area contributed by atoms with Crippen LogP contribution in [-0.4, -0.2) is 74.8 Å². The zero-order valence-electron chi connectivity index (χ0n) is 28.2. The van der Waals surface area contributed by atoms with Gasteiger partial charge in [-0.1, -0.05) is 121 Å². The molecule has 4 aromatic rings. The first-order chi connectivity index (χ1) is 23.3. The summed E-state index contributed by atoms with van der Waals surface area (Å²) in [5, 5.41) is 0. The van der Waals surface area contributed by atoms with Crippen LogP contribution in [0.3, 0.4) is 0 Å². The molecule has 5 unspecified atom stereocenters. The van der Waals surface area contributed by atoms with Gasteiger partial charge in [-0.3, -0.25) is 9.09 Å². The number of hydrogen-bond donors (Lipinski definition) is 0. The molecule has 0 saturated carbocycles. The molecule has 256 valence electrons. The largest absolute Gasteiger partial charge is 0.374 e. The van der Waals surface area contributed by atoms with Crippen molar-refractivity contribution in [3.05, 3.63) is 144 Å². The molecule has 0 N–H and O–H groups in total. The predicted molar refractivity (Wildman–Crippen MR) is 186 cm³/mol. The van der Waals surface area contributed by atoms with Crippen LogP contribution in [0.4, 0.5) is 0 Å². The van der Waals surface area contributed by atoms with Crippen LogP contribution in [0.15, 0.2) is 121 Å². The van der Waals surface area contributed by atoms with E-state index in [1.54, 1.807) is 37.5 Å². The first-order valence-electron chi connectivity index (χ1n) is 16.2. The molecule has 1 fully saturated rings. The lowest BCUT2D eigenvalue weighted by Crippen LogP contribution is -2.61. The van der Waals surface area contributed by atoms with Gasteiger partial charge in [0.15, 0.2) is 6.29 Å². The fraction of sp³-hybridized carbons (Fsp3) is 0.368. The highest BCUT2D eigenvalue weighted by Crippen LogP contribution is 2.53. The van der Waals surface area contributed by atoms with E-state index in [9.17, 15) is 4.57 Å². The van der Waals surface area contributed by atoms with E-state index in [1.165, 1.54) is 0 Å². The third-order valence-electron chi connectivity index (χ3n) is 8.09. The van der Waals surface area contributed by atoms with E-state index in [4.69, 9.17) is 28.2 Å². The van der Waals surface area contributed by atoms with Gasteiger partial charge in [-0.05, 0) is 50.4 Å². The van der Waals surface area contributed by atoms with Gasteiger partial charge in [-0.2, -0.15) is 0 Å². The van der Waals surface area contributed by atoms with Gasteiger partial charge < -0.3 is 23.7 Å². The van der Waals surface area contributed by atoms with Crippen LogP contribution in [-0.2, 0) is 59.2 Å². The molecule has 0 aromatic heterocycles. The Morgan fingerprint density at radius 3 is 1.33 bits per heavy atom. The SMILES string of the molecule is CN(C)P(=O)(OC1OC(COCc2ccccc2)C(OCc2ccccc2)C(OCc2ccccc2)C1OCc1ccccc1)N(C)C. The summed E-state index contributed by atoms with van der Waals surface area (Å²) in [6.07, 6.45) is -3.83. The maximum atomic E-state index is 14.3. The molecule has 0 spiro atoms. The van der Waals surface area contributed by atoms with Crippen LogP contribution in [0.1, 0.15) is 22.3 Å². The molecule has 0 bridgehead atoms. The minimum absolute atomic E-state index is 0.180. The van der Waals surface area contributed by atoms with Gasteiger partial charge in [-0.25, -0.2) is 9.34 Å². The van der Waals surface area contributed by atoms with E-state index < -0.39 is 38.4 Å². The summed E-state index contributed by atoms with van der Waals surface area (Å²) in [5.74, 6) is 0. The third kappa shape index (κ3) is 9.92. The molecule has 4 aromatic carbocycles. The molecule has 9 nitrogen and oxygen atoms in total. The van der Waals surface area contributed by atoms with Crippen molar-refractivity contribution < 1.29 is 32.8 Å². The lowest BCUT2D eigenvalue weighted by molar-refractivity contribution is -0.311. The third-order valence-corrected chi connectivity index (χ3v) is 10.6.